The maximum absolute atomic E-state index is 7.58. The van der Waals surface area contributed by atoms with E-state index in [9.17, 15) is 0 Å². The largest absolute Gasteiger partial charge is 0.493 e. The highest BCUT2D eigenvalue weighted by molar-refractivity contribution is 5.98. The van der Waals surface area contributed by atoms with Gasteiger partial charge in [-0.1, -0.05) is 24.3 Å². The SMILES string of the molecule is Cl.Cl.N=C(N)c1ccc(OCCCOc2cccc(-c3cc4ccc(C(=N)N)cc4o3)c2)cc1. The molecule has 178 valence electrons. The van der Waals surface area contributed by atoms with Crippen LogP contribution in [0.5, 0.6) is 11.5 Å². The summed E-state index contributed by atoms with van der Waals surface area (Å²) in [5.74, 6) is 2.25. The Bertz CT molecular complexity index is 1270. The maximum Gasteiger partial charge on any atom is 0.135 e. The Hall–Kier alpha value is -3.68. The normalized spacial score (nSPS) is 10.1. The van der Waals surface area contributed by atoms with Crippen molar-refractivity contribution in [3.8, 4) is 22.8 Å². The van der Waals surface area contributed by atoms with Crippen molar-refractivity contribution < 1.29 is 13.9 Å². The molecule has 34 heavy (non-hydrogen) atoms. The summed E-state index contributed by atoms with van der Waals surface area (Å²) in [4.78, 5) is 0. The van der Waals surface area contributed by atoms with E-state index in [4.69, 9.17) is 36.2 Å². The maximum atomic E-state index is 7.58. The quantitative estimate of drug-likeness (QED) is 0.139. The molecular formula is C25H26Cl2N4O3. The number of rotatable bonds is 9. The first-order valence-electron chi connectivity index (χ1n) is 10.2. The third kappa shape index (κ3) is 6.43. The molecule has 0 saturated carbocycles. The molecular weight excluding hydrogens is 475 g/mol. The summed E-state index contributed by atoms with van der Waals surface area (Å²) in [5, 5.41) is 15.9. The van der Waals surface area contributed by atoms with E-state index in [1.165, 1.54) is 0 Å². The average Bonchev–Trinajstić information content (AvgIpc) is 3.23. The lowest BCUT2D eigenvalue weighted by molar-refractivity contribution is 0.247. The fourth-order valence-electron chi connectivity index (χ4n) is 3.25. The highest BCUT2D eigenvalue weighted by atomic mass is 35.5. The monoisotopic (exact) mass is 500 g/mol. The average molecular weight is 501 g/mol. The molecule has 4 rings (SSSR count). The number of nitrogens with two attached hydrogens (primary N) is 2. The van der Waals surface area contributed by atoms with Gasteiger partial charge in [0, 0.05) is 28.5 Å². The summed E-state index contributed by atoms with van der Waals surface area (Å²) in [6.07, 6.45) is 0.719. The molecule has 0 unspecified atom stereocenters. The van der Waals surface area contributed by atoms with E-state index in [0.29, 0.717) is 29.9 Å². The molecule has 4 aromatic rings. The van der Waals surface area contributed by atoms with Crippen LogP contribution < -0.4 is 20.9 Å². The van der Waals surface area contributed by atoms with Crippen molar-refractivity contribution in [2.24, 2.45) is 11.5 Å². The van der Waals surface area contributed by atoms with Crippen LogP contribution in [0.25, 0.3) is 22.3 Å². The van der Waals surface area contributed by atoms with Crippen LogP contribution in [0.15, 0.2) is 77.2 Å². The van der Waals surface area contributed by atoms with Crippen LogP contribution in [0, 0.1) is 10.8 Å². The molecule has 0 saturated heterocycles. The van der Waals surface area contributed by atoms with Crippen molar-refractivity contribution >= 4 is 47.5 Å². The molecule has 9 heteroatoms. The molecule has 0 fully saturated rings. The Labute approximate surface area is 209 Å². The van der Waals surface area contributed by atoms with E-state index in [1.54, 1.807) is 30.3 Å². The molecule has 0 aliphatic heterocycles. The molecule has 0 radical (unpaired) electrons. The van der Waals surface area contributed by atoms with E-state index in [0.717, 1.165) is 34.6 Å². The predicted molar refractivity (Wildman–Crippen MR) is 140 cm³/mol. The van der Waals surface area contributed by atoms with Gasteiger partial charge in [-0.3, -0.25) is 10.8 Å². The van der Waals surface area contributed by atoms with Crippen LogP contribution in [0.3, 0.4) is 0 Å². The number of halogens is 2. The minimum atomic E-state index is 0. The highest BCUT2D eigenvalue weighted by Gasteiger charge is 2.09. The van der Waals surface area contributed by atoms with Gasteiger partial charge >= 0.3 is 0 Å². The molecule has 3 aromatic carbocycles. The number of benzene rings is 3. The number of hydrogen-bond donors (Lipinski definition) is 4. The second-order valence-electron chi connectivity index (χ2n) is 7.29. The first-order valence-corrected chi connectivity index (χ1v) is 10.2. The van der Waals surface area contributed by atoms with E-state index in [2.05, 4.69) is 0 Å². The van der Waals surface area contributed by atoms with E-state index in [1.807, 2.05) is 42.5 Å². The van der Waals surface area contributed by atoms with E-state index in [-0.39, 0.29) is 36.5 Å². The van der Waals surface area contributed by atoms with Crippen LogP contribution in [-0.2, 0) is 0 Å². The molecule has 0 aliphatic rings. The molecule has 0 amide bonds. The third-order valence-electron chi connectivity index (χ3n) is 4.94. The minimum absolute atomic E-state index is 0. The van der Waals surface area contributed by atoms with Crippen molar-refractivity contribution in [1.29, 1.82) is 10.8 Å². The van der Waals surface area contributed by atoms with Crippen molar-refractivity contribution in [2.45, 2.75) is 6.42 Å². The fraction of sp³-hybridized carbons (Fsp3) is 0.120. The topological polar surface area (TPSA) is 131 Å². The Morgan fingerprint density at radius 2 is 1.38 bits per heavy atom. The first-order chi connectivity index (χ1) is 15.5. The third-order valence-corrected chi connectivity index (χ3v) is 4.94. The summed E-state index contributed by atoms with van der Waals surface area (Å²) in [6.45, 7) is 1.03. The smallest absolute Gasteiger partial charge is 0.135 e. The summed E-state index contributed by atoms with van der Waals surface area (Å²) >= 11 is 0. The lowest BCUT2D eigenvalue weighted by Crippen LogP contribution is -2.10. The second kappa shape index (κ2) is 12.0. The van der Waals surface area contributed by atoms with Gasteiger partial charge in [-0.25, -0.2) is 0 Å². The van der Waals surface area contributed by atoms with Crippen LogP contribution in [0.2, 0.25) is 0 Å². The van der Waals surface area contributed by atoms with Gasteiger partial charge in [0.1, 0.15) is 34.5 Å². The lowest BCUT2D eigenvalue weighted by atomic mass is 10.1. The molecule has 0 bridgehead atoms. The van der Waals surface area contributed by atoms with Crippen molar-refractivity contribution in [3.05, 3.63) is 83.9 Å². The summed E-state index contributed by atoms with van der Waals surface area (Å²) < 4.78 is 17.5. The van der Waals surface area contributed by atoms with Gasteiger partial charge < -0.3 is 25.4 Å². The molecule has 0 aliphatic carbocycles. The molecule has 1 heterocycles. The lowest BCUT2D eigenvalue weighted by Gasteiger charge is -2.09. The van der Waals surface area contributed by atoms with Crippen LogP contribution in [0.4, 0.5) is 0 Å². The Morgan fingerprint density at radius 3 is 2.06 bits per heavy atom. The number of furan rings is 1. The highest BCUT2D eigenvalue weighted by Crippen LogP contribution is 2.30. The van der Waals surface area contributed by atoms with E-state index < -0.39 is 0 Å². The molecule has 0 atom stereocenters. The van der Waals surface area contributed by atoms with Gasteiger partial charge in [-0.05, 0) is 48.5 Å². The van der Waals surface area contributed by atoms with Crippen LogP contribution in [0.1, 0.15) is 17.5 Å². The Morgan fingerprint density at radius 1 is 0.735 bits per heavy atom. The number of fused-ring (bicyclic) bond motifs is 1. The zero-order valence-electron chi connectivity index (χ0n) is 18.2. The molecule has 0 spiro atoms. The van der Waals surface area contributed by atoms with Gasteiger partial charge in [0.15, 0.2) is 0 Å². The zero-order valence-corrected chi connectivity index (χ0v) is 19.9. The van der Waals surface area contributed by atoms with Crippen LogP contribution >= 0.6 is 24.8 Å². The predicted octanol–water partition coefficient (Wildman–Crippen LogP) is 5.36. The zero-order chi connectivity index (χ0) is 22.5. The number of ether oxygens (including phenoxy) is 2. The number of amidine groups is 2. The van der Waals surface area contributed by atoms with Gasteiger partial charge in [0.25, 0.3) is 0 Å². The number of nitrogens with one attached hydrogen (secondary N) is 2. The van der Waals surface area contributed by atoms with Gasteiger partial charge in [0.05, 0.1) is 13.2 Å². The van der Waals surface area contributed by atoms with Crippen molar-refractivity contribution in [1.82, 2.24) is 0 Å². The Balaban J connectivity index is 0.00000204. The van der Waals surface area contributed by atoms with Gasteiger partial charge in [-0.2, -0.15) is 0 Å². The first kappa shape index (κ1) is 26.6. The van der Waals surface area contributed by atoms with Crippen molar-refractivity contribution in [2.75, 3.05) is 13.2 Å². The standard InChI is InChI=1S/C25H24N4O3.2ClH/c26-24(27)16-7-9-20(10-8-16)30-11-2-12-31-21-4-1-3-17(13-21)22-14-18-5-6-19(25(28)29)15-23(18)32-22;;/h1,3-10,13-15H,2,11-12H2,(H3,26,27)(H3,28,29);2*1H. The molecule has 6 N–H and O–H groups in total. The van der Waals surface area contributed by atoms with Gasteiger partial charge in [-0.15, -0.1) is 24.8 Å². The number of nitrogen functional groups attached to an aromatic ring is 2. The van der Waals surface area contributed by atoms with Crippen molar-refractivity contribution in [3.63, 3.8) is 0 Å². The fourth-order valence-corrected chi connectivity index (χ4v) is 3.25. The second-order valence-corrected chi connectivity index (χ2v) is 7.29. The van der Waals surface area contributed by atoms with Crippen LogP contribution in [-0.4, -0.2) is 24.9 Å². The van der Waals surface area contributed by atoms with E-state index >= 15 is 0 Å². The minimum Gasteiger partial charge on any atom is -0.493 e. The summed E-state index contributed by atoms with van der Waals surface area (Å²) in [7, 11) is 0. The summed E-state index contributed by atoms with van der Waals surface area (Å²) in [6, 6.07) is 22.3. The molecule has 1 aromatic heterocycles. The van der Waals surface area contributed by atoms with Gasteiger partial charge in [0.2, 0.25) is 0 Å². The Kier molecular flexibility index (Phi) is 9.36. The summed E-state index contributed by atoms with van der Waals surface area (Å²) in [5.41, 5.74) is 13.9. The molecule has 7 nitrogen and oxygen atoms in total. The number of hydrogen-bond acceptors (Lipinski definition) is 5.